The third-order valence-corrected chi connectivity index (χ3v) is 3.40. The quantitative estimate of drug-likeness (QED) is 0.932. The Bertz CT molecular complexity index is 555. The summed E-state index contributed by atoms with van der Waals surface area (Å²) < 4.78 is 5.52. The Balaban J connectivity index is 2.23. The van der Waals surface area contributed by atoms with Gasteiger partial charge in [-0.05, 0) is 25.5 Å². The summed E-state index contributed by atoms with van der Waals surface area (Å²) >= 11 is 6.19. The van der Waals surface area contributed by atoms with Gasteiger partial charge in [-0.2, -0.15) is 0 Å². The minimum atomic E-state index is -0.273. The molecule has 1 aromatic carbocycles. The van der Waals surface area contributed by atoms with Crippen molar-refractivity contribution >= 4 is 17.6 Å². The van der Waals surface area contributed by atoms with Crippen LogP contribution in [0.5, 0.6) is 0 Å². The zero-order valence-electron chi connectivity index (χ0n) is 11.2. The molecule has 2 atom stereocenters. The monoisotopic (exact) mass is 280 g/mol. The van der Waals surface area contributed by atoms with Crippen LogP contribution in [0.25, 0.3) is 0 Å². The fourth-order valence-electron chi connectivity index (χ4n) is 1.74. The lowest BCUT2D eigenvalue weighted by Gasteiger charge is -2.23. The molecule has 2 N–H and O–H groups in total. The van der Waals surface area contributed by atoms with Crippen LogP contribution in [0.2, 0.25) is 5.02 Å². The number of hydrogen-bond acceptors (Lipinski definition) is 5. The van der Waals surface area contributed by atoms with E-state index in [0.717, 1.165) is 5.56 Å². The number of rotatable bonds is 4. The smallest absolute Gasteiger partial charge is 0.318 e. The average Bonchev–Trinajstić information content (AvgIpc) is 2.87. The van der Waals surface area contributed by atoms with Crippen LogP contribution in [-0.4, -0.2) is 17.2 Å². The van der Waals surface area contributed by atoms with Crippen LogP contribution in [-0.2, 0) is 0 Å². The molecule has 1 aromatic heterocycles. The molecule has 2 aromatic rings. The topological polar surface area (TPSA) is 68.2 Å². The molecule has 0 amide bonds. The SMILES string of the molecule is CC(N)c1nnc(N(C)C(C)c2ccccc2Cl)o1. The minimum absolute atomic E-state index is 0.0232. The van der Waals surface area contributed by atoms with Crippen LogP contribution in [0.4, 0.5) is 6.01 Å². The Kier molecular flexibility index (Phi) is 4.07. The van der Waals surface area contributed by atoms with Crippen molar-refractivity contribution in [3.8, 4) is 0 Å². The lowest BCUT2D eigenvalue weighted by molar-refractivity contribution is 0.453. The Morgan fingerprint density at radius 2 is 1.95 bits per heavy atom. The van der Waals surface area contributed by atoms with E-state index in [0.29, 0.717) is 16.9 Å². The highest BCUT2D eigenvalue weighted by Crippen LogP contribution is 2.29. The van der Waals surface area contributed by atoms with Gasteiger partial charge in [0.2, 0.25) is 5.89 Å². The van der Waals surface area contributed by atoms with Gasteiger partial charge in [0.05, 0.1) is 12.1 Å². The number of nitrogens with zero attached hydrogens (tertiary/aromatic N) is 3. The molecule has 0 aliphatic carbocycles. The van der Waals surface area contributed by atoms with E-state index >= 15 is 0 Å². The first-order chi connectivity index (χ1) is 9.00. The molecule has 0 radical (unpaired) electrons. The maximum Gasteiger partial charge on any atom is 0.318 e. The number of nitrogens with two attached hydrogens (primary N) is 1. The molecule has 0 fully saturated rings. The highest BCUT2D eigenvalue weighted by molar-refractivity contribution is 6.31. The molecule has 5 nitrogen and oxygen atoms in total. The van der Waals surface area contributed by atoms with Gasteiger partial charge in [-0.1, -0.05) is 34.9 Å². The van der Waals surface area contributed by atoms with Crippen molar-refractivity contribution in [2.45, 2.75) is 25.9 Å². The average molecular weight is 281 g/mol. The normalized spacial score (nSPS) is 14.2. The second-order valence-electron chi connectivity index (χ2n) is 4.52. The first-order valence-electron chi connectivity index (χ1n) is 6.07. The summed E-state index contributed by atoms with van der Waals surface area (Å²) in [6.45, 7) is 3.83. The van der Waals surface area contributed by atoms with E-state index < -0.39 is 0 Å². The van der Waals surface area contributed by atoms with Gasteiger partial charge in [0.1, 0.15) is 0 Å². The van der Waals surface area contributed by atoms with Gasteiger partial charge in [0, 0.05) is 12.1 Å². The van der Waals surface area contributed by atoms with Crippen LogP contribution in [0, 0.1) is 0 Å². The summed E-state index contributed by atoms with van der Waals surface area (Å²) in [7, 11) is 1.88. The van der Waals surface area contributed by atoms with Gasteiger partial charge in [-0.3, -0.25) is 0 Å². The van der Waals surface area contributed by atoms with Gasteiger partial charge in [-0.25, -0.2) is 0 Å². The molecule has 0 bridgehead atoms. The van der Waals surface area contributed by atoms with Crippen LogP contribution in [0.3, 0.4) is 0 Å². The Morgan fingerprint density at radius 3 is 2.53 bits per heavy atom. The first-order valence-corrected chi connectivity index (χ1v) is 6.44. The van der Waals surface area contributed by atoms with Crippen molar-refractivity contribution in [2.24, 2.45) is 5.73 Å². The molecule has 0 saturated heterocycles. The molecule has 0 saturated carbocycles. The number of halogens is 1. The molecule has 1 heterocycles. The van der Waals surface area contributed by atoms with Crippen molar-refractivity contribution < 1.29 is 4.42 Å². The lowest BCUT2D eigenvalue weighted by atomic mass is 10.1. The Morgan fingerprint density at radius 1 is 1.26 bits per heavy atom. The Labute approximate surface area is 117 Å². The van der Waals surface area contributed by atoms with E-state index in [2.05, 4.69) is 10.2 Å². The number of aromatic nitrogens is 2. The van der Waals surface area contributed by atoms with Gasteiger partial charge < -0.3 is 15.1 Å². The van der Waals surface area contributed by atoms with Crippen LogP contribution < -0.4 is 10.6 Å². The molecule has 6 heteroatoms. The van der Waals surface area contributed by atoms with Crippen LogP contribution in [0.1, 0.15) is 37.4 Å². The largest absolute Gasteiger partial charge is 0.406 e. The molecule has 102 valence electrons. The number of hydrogen-bond donors (Lipinski definition) is 1. The Hall–Kier alpha value is -1.59. The summed E-state index contributed by atoms with van der Waals surface area (Å²) in [4.78, 5) is 1.88. The fourth-order valence-corrected chi connectivity index (χ4v) is 2.03. The first kappa shape index (κ1) is 13.8. The van der Waals surface area contributed by atoms with E-state index in [9.17, 15) is 0 Å². The maximum absolute atomic E-state index is 6.19. The van der Waals surface area contributed by atoms with Crippen LogP contribution in [0.15, 0.2) is 28.7 Å². The molecule has 2 unspecified atom stereocenters. The predicted molar refractivity (Wildman–Crippen MR) is 75.2 cm³/mol. The van der Waals surface area contributed by atoms with Crippen molar-refractivity contribution in [3.63, 3.8) is 0 Å². The van der Waals surface area contributed by atoms with E-state index in [1.165, 1.54) is 0 Å². The van der Waals surface area contributed by atoms with Gasteiger partial charge >= 0.3 is 6.01 Å². The second-order valence-corrected chi connectivity index (χ2v) is 4.93. The van der Waals surface area contributed by atoms with Crippen molar-refractivity contribution in [2.75, 3.05) is 11.9 Å². The number of benzene rings is 1. The highest BCUT2D eigenvalue weighted by Gasteiger charge is 2.20. The standard InChI is InChI=1S/C13H17ClN4O/c1-8(15)12-16-17-13(19-12)18(3)9(2)10-6-4-5-7-11(10)14/h4-9H,15H2,1-3H3. The lowest BCUT2D eigenvalue weighted by Crippen LogP contribution is -2.22. The summed E-state index contributed by atoms with van der Waals surface area (Å²) in [6, 6.07) is 7.88. The summed E-state index contributed by atoms with van der Waals surface area (Å²) in [6.07, 6.45) is 0. The van der Waals surface area contributed by atoms with Gasteiger partial charge in [-0.15, -0.1) is 5.10 Å². The molecular weight excluding hydrogens is 264 g/mol. The predicted octanol–water partition coefficient (Wildman–Crippen LogP) is 2.94. The van der Waals surface area contributed by atoms with E-state index in [4.69, 9.17) is 21.8 Å². The minimum Gasteiger partial charge on any atom is -0.406 e. The fraction of sp³-hybridized carbons (Fsp3) is 0.385. The molecule has 0 aliphatic rings. The molecule has 19 heavy (non-hydrogen) atoms. The van der Waals surface area contributed by atoms with Crippen LogP contribution >= 0.6 is 11.6 Å². The van der Waals surface area contributed by atoms with Crippen molar-refractivity contribution in [1.82, 2.24) is 10.2 Å². The third-order valence-electron chi connectivity index (χ3n) is 3.06. The third kappa shape index (κ3) is 2.88. The summed E-state index contributed by atoms with van der Waals surface area (Å²) in [5, 5.41) is 8.64. The van der Waals surface area contributed by atoms with Gasteiger partial charge in [0.25, 0.3) is 0 Å². The molecule has 0 spiro atoms. The maximum atomic E-state index is 6.19. The zero-order chi connectivity index (χ0) is 14.0. The highest BCUT2D eigenvalue weighted by atomic mass is 35.5. The number of anilines is 1. The molecule has 2 rings (SSSR count). The van der Waals surface area contributed by atoms with Gasteiger partial charge in [0.15, 0.2) is 0 Å². The van der Waals surface area contributed by atoms with E-state index in [1.807, 2.05) is 43.1 Å². The summed E-state index contributed by atoms with van der Waals surface area (Å²) in [5.74, 6) is 0.424. The molecular formula is C13H17ClN4O. The molecule has 0 aliphatic heterocycles. The zero-order valence-corrected chi connectivity index (χ0v) is 11.9. The van der Waals surface area contributed by atoms with E-state index in [1.54, 1.807) is 6.92 Å². The van der Waals surface area contributed by atoms with E-state index in [-0.39, 0.29) is 12.1 Å². The summed E-state index contributed by atoms with van der Waals surface area (Å²) in [5.41, 5.74) is 6.71. The van der Waals surface area contributed by atoms with Crippen molar-refractivity contribution in [1.29, 1.82) is 0 Å². The second kappa shape index (κ2) is 5.59. The van der Waals surface area contributed by atoms with Crippen molar-refractivity contribution in [3.05, 3.63) is 40.7 Å².